The molecule has 0 aromatic heterocycles. The van der Waals surface area contributed by atoms with Gasteiger partial charge < -0.3 is 10.2 Å². The molecule has 72 valence electrons. The summed E-state index contributed by atoms with van der Waals surface area (Å²) in [5, 5.41) is 3.02. The summed E-state index contributed by atoms with van der Waals surface area (Å²) in [6, 6.07) is 0.00604. The van der Waals surface area contributed by atoms with Crippen molar-refractivity contribution in [3.63, 3.8) is 0 Å². The van der Waals surface area contributed by atoms with Gasteiger partial charge in [-0.3, -0.25) is 4.79 Å². The molecule has 1 aliphatic rings. The van der Waals surface area contributed by atoms with E-state index in [2.05, 4.69) is 11.2 Å². The molecule has 1 fully saturated rings. The quantitative estimate of drug-likeness (QED) is 0.630. The van der Waals surface area contributed by atoms with Crippen molar-refractivity contribution < 1.29 is 4.79 Å². The molecule has 1 N–H and O–H groups in total. The van der Waals surface area contributed by atoms with Crippen LogP contribution < -0.4 is 5.32 Å². The number of rotatable bonds is 3. The minimum atomic E-state index is 0.00604. The number of nitrogens with zero attached hydrogens (tertiary/aromatic N) is 1. The number of likely N-dealkylation sites (tertiary alicyclic amines) is 1. The molecule has 0 aliphatic carbocycles. The Kier molecular flexibility index (Phi) is 3.78. The van der Waals surface area contributed by atoms with Gasteiger partial charge in [0.25, 0.3) is 0 Å². The molecular weight excluding hydrogens is 164 g/mol. The minimum Gasteiger partial charge on any atom is -0.340 e. The van der Waals surface area contributed by atoms with E-state index in [0.717, 1.165) is 19.4 Å². The van der Waals surface area contributed by atoms with Crippen LogP contribution in [0.2, 0.25) is 0 Å². The number of nitrogens with one attached hydrogen (secondary N) is 1. The summed E-state index contributed by atoms with van der Waals surface area (Å²) in [5.74, 6) is 2.75. The molecule has 0 saturated carbocycles. The average molecular weight is 180 g/mol. The van der Waals surface area contributed by atoms with E-state index in [1.807, 2.05) is 11.9 Å². The molecule has 1 amide bonds. The number of carbonyl (C=O) groups excluding carboxylic acids is 1. The summed E-state index contributed by atoms with van der Waals surface area (Å²) < 4.78 is 0. The van der Waals surface area contributed by atoms with E-state index < -0.39 is 0 Å². The second-order valence-electron chi connectivity index (χ2n) is 3.26. The first-order valence-corrected chi connectivity index (χ1v) is 4.69. The van der Waals surface area contributed by atoms with Gasteiger partial charge in [-0.1, -0.05) is 0 Å². The molecule has 0 spiro atoms. The van der Waals surface area contributed by atoms with Crippen LogP contribution in [-0.4, -0.2) is 37.0 Å². The predicted molar refractivity (Wildman–Crippen MR) is 52.1 cm³/mol. The van der Waals surface area contributed by atoms with Crippen LogP contribution in [0.5, 0.6) is 0 Å². The molecule has 3 heteroatoms. The number of hydrogen-bond donors (Lipinski definition) is 1. The smallest absolute Gasteiger partial charge is 0.239 e. The summed E-state index contributed by atoms with van der Waals surface area (Å²) >= 11 is 0. The van der Waals surface area contributed by atoms with Gasteiger partial charge in [-0.25, -0.2) is 0 Å². The van der Waals surface area contributed by atoms with Gasteiger partial charge in [0, 0.05) is 19.5 Å². The Balaban J connectivity index is 2.46. The third-order valence-electron chi connectivity index (χ3n) is 2.41. The number of amides is 1. The maximum atomic E-state index is 11.7. The van der Waals surface area contributed by atoms with Gasteiger partial charge >= 0.3 is 0 Å². The maximum absolute atomic E-state index is 11.7. The van der Waals surface area contributed by atoms with Crippen LogP contribution in [0, 0.1) is 12.3 Å². The lowest BCUT2D eigenvalue weighted by molar-refractivity contribution is -0.135. The lowest BCUT2D eigenvalue weighted by atomic mass is 10.0. The van der Waals surface area contributed by atoms with E-state index in [9.17, 15) is 4.79 Å². The number of hydrogen-bond acceptors (Lipinski definition) is 2. The molecule has 0 radical (unpaired) electrons. The zero-order valence-corrected chi connectivity index (χ0v) is 8.05. The van der Waals surface area contributed by atoms with Gasteiger partial charge in [0.15, 0.2) is 0 Å². The van der Waals surface area contributed by atoms with Gasteiger partial charge in [0.2, 0.25) is 5.91 Å². The topological polar surface area (TPSA) is 32.3 Å². The molecule has 13 heavy (non-hydrogen) atoms. The van der Waals surface area contributed by atoms with E-state index >= 15 is 0 Å². The zero-order valence-electron chi connectivity index (χ0n) is 8.05. The summed E-state index contributed by atoms with van der Waals surface area (Å²) in [7, 11) is 1.83. The highest BCUT2D eigenvalue weighted by atomic mass is 16.2. The summed E-state index contributed by atoms with van der Waals surface area (Å²) in [6.07, 6.45) is 7.83. The van der Waals surface area contributed by atoms with Crippen molar-refractivity contribution in [2.24, 2.45) is 0 Å². The van der Waals surface area contributed by atoms with Crippen molar-refractivity contribution in [3.05, 3.63) is 0 Å². The zero-order chi connectivity index (χ0) is 9.68. The summed E-state index contributed by atoms with van der Waals surface area (Å²) in [4.78, 5) is 13.5. The number of piperidine rings is 1. The summed E-state index contributed by atoms with van der Waals surface area (Å²) in [5.41, 5.74) is 0. The molecule has 1 atom stereocenters. The fraction of sp³-hybridized carbons (Fsp3) is 0.700. The Morgan fingerprint density at radius 1 is 1.77 bits per heavy atom. The molecule has 1 heterocycles. The standard InChI is InChI=1S/C10H16N2O/c1-3-4-7-12-8-5-6-9(11-2)10(12)13/h1,9,11H,4-8H2,2H3. The van der Waals surface area contributed by atoms with E-state index in [4.69, 9.17) is 6.42 Å². The number of likely N-dealkylation sites (N-methyl/N-ethyl adjacent to an activating group) is 1. The molecule has 1 unspecified atom stereocenters. The van der Waals surface area contributed by atoms with Crippen LogP contribution in [0.15, 0.2) is 0 Å². The minimum absolute atomic E-state index is 0.00604. The third kappa shape index (κ3) is 2.46. The van der Waals surface area contributed by atoms with Gasteiger partial charge in [-0.2, -0.15) is 0 Å². The Morgan fingerprint density at radius 3 is 3.15 bits per heavy atom. The van der Waals surface area contributed by atoms with Crippen molar-refractivity contribution in [1.82, 2.24) is 10.2 Å². The molecule has 1 saturated heterocycles. The largest absolute Gasteiger partial charge is 0.340 e. The Labute approximate surface area is 79.5 Å². The molecule has 0 aromatic carbocycles. The Hall–Kier alpha value is -1.01. The highest BCUT2D eigenvalue weighted by molar-refractivity contribution is 5.82. The first-order chi connectivity index (χ1) is 6.29. The van der Waals surface area contributed by atoms with E-state index in [1.165, 1.54) is 0 Å². The van der Waals surface area contributed by atoms with Gasteiger partial charge in [0.1, 0.15) is 0 Å². The van der Waals surface area contributed by atoms with E-state index in [0.29, 0.717) is 13.0 Å². The SMILES string of the molecule is C#CCCN1CCCC(NC)C1=O. The van der Waals surface area contributed by atoms with E-state index in [-0.39, 0.29) is 11.9 Å². The van der Waals surface area contributed by atoms with Crippen LogP contribution in [0.3, 0.4) is 0 Å². The lowest BCUT2D eigenvalue weighted by Gasteiger charge is -2.31. The number of terminal acetylenes is 1. The van der Waals surface area contributed by atoms with Crippen LogP contribution in [0.25, 0.3) is 0 Å². The maximum Gasteiger partial charge on any atom is 0.239 e. The average Bonchev–Trinajstić information content (AvgIpc) is 2.16. The van der Waals surface area contributed by atoms with Gasteiger partial charge in [-0.05, 0) is 19.9 Å². The second-order valence-corrected chi connectivity index (χ2v) is 3.26. The molecule has 1 rings (SSSR count). The van der Waals surface area contributed by atoms with Crippen LogP contribution in [0.1, 0.15) is 19.3 Å². The second kappa shape index (κ2) is 4.88. The molecule has 3 nitrogen and oxygen atoms in total. The third-order valence-corrected chi connectivity index (χ3v) is 2.41. The van der Waals surface area contributed by atoms with Crippen molar-refractivity contribution in [1.29, 1.82) is 0 Å². The van der Waals surface area contributed by atoms with Crippen molar-refractivity contribution in [3.8, 4) is 12.3 Å². The van der Waals surface area contributed by atoms with Crippen molar-refractivity contribution in [2.75, 3.05) is 20.1 Å². The Bertz CT molecular complexity index is 219. The molecule has 0 bridgehead atoms. The van der Waals surface area contributed by atoms with Crippen LogP contribution >= 0.6 is 0 Å². The van der Waals surface area contributed by atoms with Gasteiger partial charge in [0.05, 0.1) is 6.04 Å². The highest BCUT2D eigenvalue weighted by Gasteiger charge is 2.26. The summed E-state index contributed by atoms with van der Waals surface area (Å²) in [6.45, 7) is 1.56. The fourth-order valence-electron chi connectivity index (χ4n) is 1.63. The lowest BCUT2D eigenvalue weighted by Crippen LogP contribution is -2.49. The van der Waals surface area contributed by atoms with E-state index in [1.54, 1.807) is 0 Å². The Morgan fingerprint density at radius 2 is 2.54 bits per heavy atom. The predicted octanol–water partition coefficient (Wildman–Crippen LogP) is 0.220. The fourth-order valence-corrected chi connectivity index (χ4v) is 1.63. The first kappa shape index (κ1) is 10.1. The van der Waals surface area contributed by atoms with Crippen LogP contribution in [0.4, 0.5) is 0 Å². The molecule has 1 aliphatic heterocycles. The molecular formula is C10H16N2O. The first-order valence-electron chi connectivity index (χ1n) is 4.69. The van der Waals surface area contributed by atoms with Crippen molar-refractivity contribution in [2.45, 2.75) is 25.3 Å². The normalized spacial score (nSPS) is 22.9. The molecule has 0 aromatic rings. The van der Waals surface area contributed by atoms with Crippen molar-refractivity contribution >= 4 is 5.91 Å². The monoisotopic (exact) mass is 180 g/mol. The number of carbonyl (C=O) groups is 1. The van der Waals surface area contributed by atoms with Crippen LogP contribution in [-0.2, 0) is 4.79 Å². The van der Waals surface area contributed by atoms with Gasteiger partial charge in [-0.15, -0.1) is 12.3 Å². The highest BCUT2D eigenvalue weighted by Crippen LogP contribution is 2.11.